The first-order valence-corrected chi connectivity index (χ1v) is 5.68. The number of hydrogen-bond acceptors (Lipinski definition) is 1. The number of nitrogens with two attached hydrogens (primary N) is 1. The van der Waals surface area contributed by atoms with Crippen molar-refractivity contribution in [2.45, 2.75) is 31.6 Å². The largest absolute Gasteiger partial charge is 0.330 e. The normalized spacial score (nSPS) is 26.1. The Hall–Kier alpha value is -1.08. The third-order valence-electron chi connectivity index (χ3n) is 3.62. The first kappa shape index (κ1) is 10.4. The Morgan fingerprint density at radius 2 is 2.00 bits per heavy atom. The fraction of sp³-hybridized carbons (Fsp3) is 0.429. The van der Waals surface area contributed by atoms with Crippen molar-refractivity contribution in [2.75, 3.05) is 6.54 Å². The van der Waals surface area contributed by atoms with E-state index in [1.165, 1.54) is 24.0 Å². The lowest BCUT2D eigenvalue weighted by Crippen LogP contribution is -2.36. The Morgan fingerprint density at radius 1 is 1.27 bits per heavy atom. The van der Waals surface area contributed by atoms with E-state index < -0.39 is 0 Å². The van der Waals surface area contributed by atoms with Gasteiger partial charge in [-0.1, -0.05) is 42.0 Å². The lowest BCUT2D eigenvalue weighted by Gasteiger charge is -2.35. The lowest BCUT2D eigenvalue weighted by atomic mass is 9.70. The van der Waals surface area contributed by atoms with Crippen molar-refractivity contribution >= 4 is 0 Å². The van der Waals surface area contributed by atoms with Crippen LogP contribution >= 0.6 is 0 Å². The monoisotopic (exact) mass is 201 g/mol. The standard InChI is InChI=1S/C14H19N/c1-12-7-9-14(11-15,10-8-12)13-5-3-2-4-6-13/h2-7H,8-11,15H2,1H3. The highest BCUT2D eigenvalue weighted by Crippen LogP contribution is 2.37. The van der Waals surface area contributed by atoms with E-state index in [-0.39, 0.29) is 5.41 Å². The number of benzene rings is 1. The van der Waals surface area contributed by atoms with E-state index in [4.69, 9.17) is 5.73 Å². The molecule has 15 heavy (non-hydrogen) atoms. The van der Waals surface area contributed by atoms with Crippen LogP contribution in [-0.2, 0) is 5.41 Å². The molecule has 0 heterocycles. The second-order valence-electron chi connectivity index (χ2n) is 4.61. The van der Waals surface area contributed by atoms with Crippen molar-refractivity contribution in [1.82, 2.24) is 0 Å². The fourth-order valence-corrected chi connectivity index (χ4v) is 2.37. The quantitative estimate of drug-likeness (QED) is 0.731. The molecule has 0 aromatic heterocycles. The van der Waals surface area contributed by atoms with Gasteiger partial charge >= 0.3 is 0 Å². The van der Waals surface area contributed by atoms with Crippen LogP contribution in [0, 0.1) is 0 Å². The SMILES string of the molecule is CC1=CCC(CN)(c2ccccc2)CC1. The second kappa shape index (κ2) is 4.19. The summed E-state index contributed by atoms with van der Waals surface area (Å²) in [6, 6.07) is 10.7. The minimum absolute atomic E-state index is 0.195. The molecule has 1 nitrogen and oxygen atoms in total. The molecule has 1 aliphatic carbocycles. The zero-order valence-corrected chi connectivity index (χ0v) is 9.37. The average molecular weight is 201 g/mol. The van der Waals surface area contributed by atoms with Crippen molar-refractivity contribution in [3.05, 3.63) is 47.5 Å². The Morgan fingerprint density at radius 3 is 2.53 bits per heavy atom. The Kier molecular flexibility index (Phi) is 2.92. The number of allylic oxidation sites excluding steroid dienone is 2. The number of hydrogen-bond donors (Lipinski definition) is 1. The fourth-order valence-electron chi connectivity index (χ4n) is 2.37. The van der Waals surface area contributed by atoms with Gasteiger partial charge in [0.15, 0.2) is 0 Å². The molecule has 1 aromatic carbocycles. The molecule has 0 bridgehead atoms. The Balaban J connectivity index is 2.31. The van der Waals surface area contributed by atoms with Gasteiger partial charge in [0.05, 0.1) is 0 Å². The molecule has 1 aromatic rings. The van der Waals surface area contributed by atoms with Gasteiger partial charge in [-0.15, -0.1) is 0 Å². The van der Waals surface area contributed by atoms with Gasteiger partial charge in [-0.3, -0.25) is 0 Å². The maximum absolute atomic E-state index is 5.99. The summed E-state index contributed by atoms with van der Waals surface area (Å²) in [5, 5.41) is 0. The van der Waals surface area contributed by atoms with Crippen LogP contribution in [0.15, 0.2) is 42.0 Å². The van der Waals surface area contributed by atoms with Gasteiger partial charge in [0.2, 0.25) is 0 Å². The van der Waals surface area contributed by atoms with E-state index in [0.717, 1.165) is 13.0 Å². The van der Waals surface area contributed by atoms with Crippen LogP contribution in [0.25, 0.3) is 0 Å². The molecule has 1 unspecified atom stereocenters. The van der Waals surface area contributed by atoms with Gasteiger partial charge in [-0.25, -0.2) is 0 Å². The first-order chi connectivity index (χ1) is 7.27. The highest BCUT2D eigenvalue weighted by Gasteiger charge is 2.31. The van der Waals surface area contributed by atoms with Crippen molar-refractivity contribution in [3.8, 4) is 0 Å². The van der Waals surface area contributed by atoms with Crippen LogP contribution in [0.5, 0.6) is 0 Å². The third-order valence-corrected chi connectivity index (χ3v) is 3.62. The van der Waals surface area contributed by atoms with E-state index >= 15 is 0 Å². The van der Waals surface area contributed by atoms with Crippen molar-refractivity contribution in [1.29, 1.82) is 0 Å². The topological polar surface area (TPSA) is 26.0 Å². The summed E-state index contributed by atoms with van der Waals surface area (Å²) >= 11 is 0. The van der Waals surface area contributed by atoms with Gasteiger partial charge in [-0.2, -0.15) is 0 Å². The molecule has 0 radical (unpaired) electrons. The van der Waals surface area contributed by atoms with E-state index in [2.05, 4.69) is 43.3 Å². The zero-order valence-electron chi connectivity index (χ0n) is 9.37. The molecule has 1 heteroatoms. The molecular formula is C14H19N. The Bertz CT molecular complexity index is 353. The van der Waals surface area contributed by atoms with Gasteiger partial charge < -0.3 is 5.73 Å². The summed E-state index contributed by atoms with van der Waals surface area (Å²) in [7, 11) is 0. The summed E-state index contributed by atoms with van der Waals surface area (Å²) in [6.07, 6.45) is 5.82. The van der Waals surface area contributed by atoms with Crippen molar-refractivity contribution in [2.24, 2.45) is 5.73 Å². The van der Waals surface area contributed by atoms with Crippen LogP contribution in [0.3, 0.4) is 0 Å². The van der Waals surface area contributed by atoms with E-state index in [1.54, 1.807) is 0 Å². The molecule has 0 fully saturated rings. The Labute approximate surface area is 92.0 Å². The molecule has 0 saturated carbocycles. The molecule has 0 spiro atoms. The first-order valence-electron chi connectivity index (χ1n) is 5.68. The van der Waals surface area contributed by atoms with Crippen LogP contribution in [-0.4, -0.2) is 6.54 Å². The minimum Gasteiger partial charge on any atom is -0.330 e. The highest BCUT2D eigenvalue weighted by molar-refractivity contribution is 5.29. The molecule has 0 amide bonds. The maximum Gasteiger partial charge on any atom is 0.0113 e. The summed E-state index contributed by atoms with van der Waals surface area (Å²) < 4.78 is 0. The van der Waals surface area contributed by atoms with E-state index in [0.29, 0.717) is 0 Å². The molecule has 2 rings (SSSR count). The molecule has 0 saturated heterocycles. The van der Waals surface area contributed by atoms with E-state index in [1.807, 2.05) is 0 Å². The molecule has 2 N–H and O–H groups in total. The predicted molar refractivity (Wildman–Crippen MR) is 64.8 cm³/mol. The van der Waals surface area contributed by atoms with Gasteiger partial charge in [0.25, 0.3) is 0 Å². The smallest absolute Gasteiger partial charge is 0.0113 e. The molecule has 0 aliphatic heterocycles. The summed E-state index contributed by atoms with van der Waals surface area (Å²) in [5.74, 6) is 0. The van der Waals surface area contributed by atoms with Crippen LogP contribution in [0.1, 0.15) is 31.7 Å². The van der Waals surface area contributed by atoms with Gasteiger partial charge in [0, 0.05) is 12.0 Å². The third kappa shape index (κ3) is 1.98. The number of rotatable bonds is 2. The second-order valence-corrected chi connectivity index (χ2v) is 4.61. The molecular weight excluding hydrogens is 182 g/mol. The zero-order chi connectivity index (χ0) is 10.7. The van der Waals surface area contributed by atoms with Crippen LogP contribution in [0.2, 0.25) is 0 Å². The summed E-state index contributed by atoms with van der Waals surface area (Å²) in [6.45, 7) is 2.96. The maximum atomic E-state index is 5.99. The van der Waals surface area contributed by atoms with E-state index in [9.17, 15) is 0 Å². The van der Waals surface area contributed by atoms with Crippen LogP contribution < -0.4 is 5.73 Å². The molecule has 1 atom stereocenters. The van der Waals surface area contributed by atoms with Crippen molar-refractivity contribution in [3.63, 3.8) is 0 Å². The minimum atomic E-state index is 0.195. The van der Waals surface area contributed by atoms with Crippen LogP contribution in [0.4, 0.5) is 0 Å². The average Bonchev–Trinajstić information content (AvgIpc) is 2.32. The van der Waals surface area contributed by atoms with Gasteiger partial charge in [-0.05, 0) is 31.7 Å². The summed E-state index contributed by atoms with van der Waals surface area (Å²) in [4.78, 5) is 0. The predicted octanol–water partition coefficient (Wildman–Crippen LogP) is 3.01. The van der Waals surface area contributed by atoms with Crippen molar-refractivity contribution < 1.29 is 0 Å². The molecule has 1 aliphatic rings. The molecule has 80 valence electrons. The highest BCUT2D eigenvalue weighted by atomic mass is 14.6. The summed E-state index contributed by atoms with van der Waals surface area (Å²) in [5.41, 5.74) is 9.09. The lowest BCUT2D eigenvalue weighted by molar-refractivity contribution is 0.390. The van der Waals surface area contributed by atoms with Gasteiger partial charge in [0.1, 0.15) is 0 Å².